The molecular weight excluding hydrogens is 334 g/mol. The number of rotatable bonds is 3. The smallest absolute Gasteiger partial charge is 0.268 e. The highest BCUT2D eigenvalue weighted by atomic mass is 32.2. The molecule has 2 nitrogen and oxygen atoms in total. The lowest BCUT2D eigenvalue weighted by atomic mass is 10.1. The van der Waals surface area contributed by atoms with Gasteiger partial charge < -0.3 is 0 Å². The monoisotopic (exact) mass is 353 g/mol. The second kappa shape index (κ2) is 6.91. The topological polar surface area (TPSA) is 20.3 Å². The number of thioether (sulfide) groups is 1. The summed E-state index contributed by atoms with van der Waals surface area (Å²) in [5, 5.41) is 0. The summed E-state index contributed by atoms with van der Waals surface area (Å²) in [6, 6.07) is 14.3. The number of thiocarbonyl (C=S) groups is 1. The molecule has 1 heterocycles. The van der Waals surface area contributed by atoms with Crippen molar-refractivity contribution in [3.8, 4) is 0 Å². The molecule has 1 fully saturated rings. The second-order valence-electron chi connectivity index (χ2n) is 5.90. The maximum absolute atomic E-state index is 12.8. The first kappa shape index (κ1) is 16.9. The van der Waals surface area contributed by atoms with Gasteiger partial charge in [0.2, 0.25) is 0 Å². The van der Waals surface area contributed by atoms with Crippen molar-refractivity contribution in [2.75, 3.05) is 4.90 Å². The van der Waals surface area contributed by atoms with Crippen LogP contribution in [0, 0.1) is 13.8 Å². The minimum atomic E-state index is -0.0449. The van der Waals surface area contributed by atoms with E-state index in [0.717, 1.165) is 23.2 Å². The summed E-state index contributed by atoms with van der Waals surface area (Å²) in [6.45, 7) is 6.18. The lowest BCUT2D eigenvalue weighted by molar-refractivity contribution is -0.113. The van der Waals surface area contributed by atoms with Crippen molar-refractivity contribution in [1.29, 1.82) is 0 Å². The third-order valence-corrected chi connectivity index (χ3v) is 5.37. The van der Waals surface area contributed by atoms with Crippen molar-refractivity contribution in [2.24, 2.45) is 0 Å². The van der Waals surface area contributed by atoms with E-state index in [4.69, 9.17) is 12.2 Å². The average molecular weight is 354 g/mol. The molecule has 0 N–H and O–H groups in total. The van der Waals surface area contributed by atoms with E-state index >= 15 is 0 Å². The first-order valence-electron chi connectivity index (χ1n) is 7.93. The van der Waals surface area contributed by atoms with E-state index in [9.17, 15) is 4.79 Å². The molecule has 1 aliphatic heterocycles. The molecule has 0 unspecified atom stereocenters. The van der Waals surface area contributed by atoms with Gasteiger partial charge in [-0.15, -0.1) is 0 Å². The molecule has 2 aromatic rings. The van der Waals surface area contributed by atoms with Crippen molar-refractivity contribution in [1.82, 2.24) is 0 Å². The molecule has 3 rings (SSSR count). The van der Waals surface area contributed by atoms with Crippen LogP contribution in [0.3, 0.4) is 0 Å². The standard InChI is InChI=1S/C20H19NOS2/c1-4-15-6-8-16(9-7-15)12-18-19(22)21(20(23)24-18)17-10-5-13(2)11-14(17)3/h5-12H,4H2,1-3H3/b18-12-. The fraction of sp³-hybridized carbons (Fsp3) is 0.200. The van der Waals surface area contributed by atoms with E-state index in [1.807, 2.05) is 44.2 Å². The molecule has 1 saturated heterocycles. The maximum atomic E-state index is 12.8. The Hall–Kier alpha value is -1.91. The zero-order chi connectivity index (χ0) is 17.3. The van der Waals surface area contributed by atoms with Gasteiger partial charge in [0.05, 0.1) is 10.6 Å². The summed E-state index contributed by atoms with van der Waals surface area (Å²) in [5.74, 6) is -0.0449. The van der Waals surface area contributed by atoms with E-state index in [0.29, 0.717) is 9.23 Å². The number of carbonyl (C=O) groups is 1. The van der Waals surface area contributed by atoms with Crippen LogP contribution in [0.2, 0.25) is 0 Å². The highest BCUT2D eigenvalue weighted by Gasteiger charge is 2.33. The van der Waals surface area contributed by atoms with E-state index in [-0.39, 0.29) is 5.91 Å². The number of carbonyl (C=O) groups excluding carboxylic acids is 1. The molecule has 1 aliphatic rings. The third-order valence-electron chi connectivity index (χ3n) is 4.07. The summed E-state index contributed by atoms with van der Waals surface area (Å²) in [6.07, 6.45) is 2.93. The predicted octanol–water partition coefficient (Wildman–Crippen LogP) is 5.27. The molecule has 0 saturated carbocycles. The van der Waals surface area contributed by atoms with E-state index in [2.05, 4.69) is 25.1 Å². The fourth-order valence-corrected chi connectivity index (χ4v) is 4.02. The molecule has 0 atom stereocenters. The number of aryl methyl sites for hydroxylation is 3. The Kier molecular flexibility index (Phi) is 4.88. The van der Waals surface area contributed by atoms with Gasteiger partial charge in [0.15, 0.2) is 4.32 Å². The predicted molar refractivity (Wildman–Crippen MR) is 107 cm³/mol. The Balaban J connectivity index is 1.92. The molecule has 2 aromatic carbocycles. The summed E-state index contributed by atoms with van der Waals surface area (Å²) < 4.78 is 0.586. The van der Waals surface area contributed by atoms with Crippen molar-refractivity contribution in [3.05, 3.63) is 69.6 Å². The quantitative estimate of drug-likeness (QED) is 0.554. The largest absolute Gasteiger partial charge is 0.270 e. The van der Waals surface area contributed by atoms with Crippen molar-refractivity contribution in [3.63, 3.8) is 0 Å². The van der Waals surface area contributed by atoms with E-state index in [1.54, 1.807) is 4.90 Å². The molecule has 122 valence electrons. The zero-order valence-corrected chi connectivity index (χ0v) is 15.6. The highest BCUT2D eigenvalue weighted by molar-refractivity contribution is 8.27. The van der Waals surface area contributed by atoms with Crippen LogP contribution in [0.5, 0.6) is 0 Å². The zero-order valence-electron chi connectivity index (χ0n) is 14.0. The summed E-state index contributed by atoms with van der Waals surface area (Å²) >= 11 is 6.82. The number of hydrogen-bond donors (Lipinski definition) is 0. The minimum absolute atomic E-state index is 0.0449. The summed E-state index contributed by atoms with van der Waals surface area (Å²) in [5.41, 5.74) is 5.41. The average Bonchev–Trinajstić information content (AvgIpc) is 2.83. The molecule has 0 bridgehead atoms. The van der Waals surface area contributed by atoms with E-state index in [1.165, 1.54) is 22.9 Å². The first-order chi connectivity index (χ1) is 11.5. The van der Waals surface area contributed by atoms with E-state index < -0.39 is 0 Å². The van der Waals surface area contributed by atoms with Crippen LogP contribution < -0.4 is 4.90 Å². The van der Waals surface area contributed by atoms with Crippen molar-refractivity contribution in [2.45, 2.75) is 27.2 Å². The number of nitrogens with zero attached hydrogens (tertiary/aromatic N) is 1. The lowest BCUT2D eigenvalue weighted by Gasteiger charge is -2.17. The van der Waals surface area contributed by atoms with Crippen LogP contribution in [0.4, 0.5) is 5.69 Å². The normalized spacial score (nSPS) is 16.3. The molecule has 0 radical (unpaired) electrons. The van der Waals surface area contributed by atoms with Gasteiger partial charge in [-0.3, -0.25) is 9.69 Å². The number of hydrogen-bond acceptors (Lipinski definition) is 3. The molecule has 0 aliphatic carbocycles. The van der Waals surface area contributed by atoms with Crippen molar-refractivity contribution < 1.29 is 4.79 Å². The molecular formula is C20H19NOS2. The third kappa shape index (κ3) is 3.30. The molecule has 0 spiro atoms. The van der Waals surface area contributed by atoms with Gasteiger partial charge in [-0.25, -0.2) is 0 Å². The number of benzene rings is 2. The van der Waals surface area contributed by atoms with Gasteiger partial charge in [0, 0.05) is 0 Å². The Bertz CT molecular complexity index is 837. The van der Waals surface area contributed by atoms with Crippen LogP contribution in [-0.2, 0) is 11.2 Å². The maximum Gasteiger partial charge on any atom is 0.270 e. The SMILES string of the molecule is CCc1ccc(/C=C2\SC(=S)N(c3ccc(C)cc3C)C2=O)cc1. The minimum Gasteiger partial charge on any atom is -0.268 e. The Morgan fingerprint density at radius 2 is 1.83 bits per heavy atom. The molecule has 0 aromatic heterocycles. The van der Waals surface area contributed by atoms with Gasteiger partial charge >= 0.3 is 0 Å². The van der Waals surface area contributed by atoms with Crippen LogP contribution in [0.15, 0.2) is 47.4 Å². The molecule has 1 amide bonds. The molecule has 24 heavy (non-hydrogen) atoms. The lowest BCUT2D eigenvalue weighted by Crippen LogP contribution is -2.28. The Labute approximate surface area is 152 Å². The van der Waals surface area contributed by atoms with Crippen LogP contribution >= 0.6 is 24.0 Å². The summed E-state index contributed by atoms with van der Waals surface area (Å²) in [7, 11) is 0. The van der Waals surface area contributed by atoms with Gasteiger partial charge in [-0.05, 0) is 49.1 Å². The second-order valence-corrected chi connectivity index (χ2v) is 7.58. The van der Waals surface area contributed by atoms with Crippen LogP contribution in [0.25, 0.3) is 6.08 Å². The van der Waals surface area contributed by atoms with Gasteiger partial charge in [0.25, 0.3) is 5.91 Å². The van der Waals surface area contributed by atoms with Gasteiger partial charge in [0.1, 0.15) is 0 Å². The van der Waals surface area contributed by atoms with Gasteiger partial charge in [-0.2, -0.15) is 0 Å². The fourth-order valence-electron chi connectivity index (χ4n) is 2.73. The first-order valence-corrected chi connectivity index (χ1v) is 9.16. The number of amides is 1. The van der Waals surface area contributed by atoms with Crippen LogP contribution in [-0.4, -0.2) is 10.2 Å². The number of anilines is 1. The van der Waals surface area contributed by atoms with Gasteiger partial charge in [-0.1, -0.05) is 72.9 Å². The van der Waals surface area contributed by atoms with Crippen LogP contribution in [0.1, 0.15) is 29.2 Å². The Morgan fingerprint density at radius 1 is 1.12 bits per heavy atom. The Morgan fingerprint density at radius 3 is 2.46 bits per heavy atom. The summed E-state index contributed by atoms with van der Waals surface area (Å²) in [4.78, 5) is 15.1. The van der Waals surface area contributed by atoms with Crippen molar-refractivity contribution >= 4 is 46.0 Å². The highest BCUT2D eigenvalue weighted by Crippen LogP contribution is 2.37. The molecule has 4 heteroatoms.